The second-order valence-corrected chi connectivity index (χ2v) is 5.42. The summed E-state index contributed by atoms with van der Waals surface area (Å²) in [5, 5.41) is 9.89. The van der Waals surface area contributed by atoms with Crippen molar-refractivity contribution in [1.82, 2.24) is 14.9 Å². The third kappa shape index (κ3) is 2.54. The molecule has 0 spiro atoms. The Kier molecular flexibility index (Phi) is 4.04. The predicted molar refractivity (Wildman–Crippen MR) is 82.5 cm³/mol. The Morgan fingerprint density at radius 2 is 2.09 bits per heavy atom. The number of carbonyl (C=O) groups excluding carboxylic acids is 1. The van der Waals surface area contributed by atoms with Gasteiger partial charge in [-0.15, -0.1) is 0 Å². The van der Waals surface area contributed by atoms with E-state index in [4.69, 9.17) is 0 Å². The number of rotatable bonds is 3. The fourth-order valence-corrected chi connectivity index (χ4v) is 3.09. The molecule has 0 unspecified atom stereocenters. The first kappa shape index (κ1) is 14.5. The van der Waals surface area contributed by atoms with Crippen LogP contribution >= 0.6 is 0 Å². The van der Waals surface area contributed by atoms with Crippen molar-refractivity contribution < 1.29 is 9.90 Å². The van der Waals surface area contributed by atoms with Crippen LogP contribution < -0.4 is 0 Å². The minimum absolute atomic E-state index is 0.0520. The number of hydrogen-bond acceptors (Lipinski definition) is 4. The number of hydrogen-bond donors (Lipinski definition) is 1. The molecule has 22 heavy (non-hydrogen) atoms. The molecule has 0 aliphatic heterocycles. The van der Waals surface area contributed by atoms with E-state index in [1.54, 1.807) is 17.2 Å². The maximum atomic E-state index is 12.8. The fourth-order valence-electron chi connectivity index (χ4n) is 3.09. The van der Waals surface area contributed by atoms with Gasteiger partial charge in [-0.3, -0.25) is 9.78 Å². The lowest BCUT2D eigenvalue weighted by atomic mass is 9.90. The molecule has 0 aromatic carbocycles. The van der Waals surface area contributed by atoms with Gasteiger partial charge in [0.15, 0.2) is 5.69 Å². The molecule has 0 saturated heterocycles. The molecule has 0 saturated carbocycles. The van der Waals surface area contributed by atoms with E-state index in [0.717, 1.165) is 25.0 Å². The van der Waals surface area contributed by atoms with Crippen LogP contribution in [0.3, 0.4) is 0 Å². The van der Waals surface area contributed by atoms with Crippen LogP contribution in [0.4, 0.5) is 0 Å². The smallest absolute Gasteiger partial charge is 0.276 e. The van der Waals surface area contributed by atoms with Crippen LogP contribution in [0.1, 0.15) is 47.6 Å². The van der Waals surface area contributed by atoms with Crippen molar-refractivity contribution in [2.24, 2.45) is 0 Å². The maximum absolute atomic E-state index is 12.8. The van der Waals surface area contributed by atoms with Crippen LogP contribution in [0.25, 0.3) is 0 Å². The van der Waals surface area contributed by atoms with E-state index in [1.165, 1.54) is 17.8 Å². The van der Waals surface area contributed by atoms with Gasteiger partial charge in [0, 0.05) is 18.9 Å². The quantitative estimate of drug-likeness (QED) is 0.946. The Balaban J connectivity index is 1.96. The monoisotopic (exact) mass is 297 g/mol. The van der Waals surface area contributed by atoms with Crippen molar-refractivity contribution in [3.63, 3.8) is 0 Å². The molecule has 0 bridgehead atoms. The molecule has 1 N–H and O–H groups in total. The van der Waals surface area contributed by atoms with Gasteiger partial charge in [-0.25, -0.2) is 4.98 Å². The summed E-state index contributed by atoms with van der Waals surface area (Å²) in [5.41, 5.74) is 2.28. The Morgan fingerprint density at radius 1 is 1.32 bits per heavy atom. The molecule has 1 atom stereocenters. The molecule has 2 aromatic rings. The first-order chi connectivity index (χ1) is 10.7. The summed E-state index contributed by atoms with van der Waals surface area (Å²) in [6.45, 7) is 2.49. The Hall–Kier alpha value is -2.43. The van der Waals surface area contributed by atoms with E-state index < -0.39 is 0 Å². The molecule has 114 valence electrons. The van der Waals surface area contributed by atoms with Crippen molar-refractivity contribution in [3.05, 3.63) is 53.6 Å². The predicted octanol–water partition coefficient (Wildman–Crippen LogP) is 2.72. The number of fused-ring (bicyclic) bond motifs is 1. The molecular weight excluding hydrogens is 278 g/mol. The molecule has 1 amide bonds. The number of aryl methyl sites for hydroxylation is 1. The van der Waals surface area contributed by atoms with Crippen LogP contribution in [0.2, 0.25) is 0 Å². The van der Waals surface area contributed by atoms with Crippen LogP contribution in [-0.4, -0.2) is 32.4 Å². The van der Waals surface area contributed by atoms with Gasteiger partial charge >= 0.3 is 0 Å². The number of nitrogens with zero attached hydrogens (tertiary/aromatic N) is 3. The van der Waals surface area contributed by atoms with Gasteiger partial charge in [0.05, 0.1) is 11.7 Å². The van der Waals surface area contributed by atoms with Crippen molar-refractivity contribution in [2.45, 2.75) is 32.2 Å². The van der Waals surface area contributed by atoms with E-state index in [0.29, 0.717) is 6.54 Å². The van der Waals surface area contributed by atoms with Crippen LogP contribution in [0.15, 0.2) is 36.7 Å². The molecule has 5 nitrogen and oxygen atoms in total. The highest BCUT2D eigenvalue weighted by Crippen LogP contribution is 2.33. The van der Waals surface area contributed by atoms with Crippen molar-refractivity contribution >= 4 is 5.91 Å². The van der Waals surface area contributed by atoms with Gasteiger partial charge in [-0.1, -0.05) is 6.07 Å². The van der Waals surface area contributed by atoms with Crippen molar-refractivity contribution in [3.8, 4) is 5.75 Å². The highest BCUT2D eigenvalue weighted by atomic mass is 16.3. The number of pyridine rings is 2. The summed E-state index contributed by atoms with van der Waals surface area (Å²) in [5.74, 6) is -0.327. The van der Waals surface area contributed by atoms with E-state index in [1.807, 2.05) is 13.0 Å². The van der Waals surface area contributed by atoms with Crippen molar-refractivity contribution in [1.29, 1.82) is 0 Å². The largest absolute Gasteiger partial charge is 0.505 e. The van der Waals surface area contributed by atoms with Gasteiger partial charge in [-0.2, -0.15) is 0 Å². The van der Waals surface area contributed by atoms with Crippen LogP contribution in [0.5, 0.6) is 5.75 Å². The third-order valence-corrected chi connectivity index (χ3v) is 4.13. The second-order valence-electron chi connectivity index (χ2n) is 5.42. The summed E-state index contributed by atoms with van der Waals surface area (Å²) in [6, 6.07) is 7.06. The number of aromatic nitrogens is 2. The first-order valence-corrected chi connectivity index (χ1v) is 7.61. The second kappa shape index (κ2) is 6.13. The van der Waals surface area contributed by atoms with E-state index in [-0.39, 0.29) is 23.4 Å². The lowest BCUT2D eigenvalue weighted by Crippen LogP contribution is -2.37. The average Bonchev–Trinajstić information content (AvgIpc) is 2.56. The van der Waals surface area contributed by atoms with E-state index in [9.17, 15) is 9.90 Å². The zero-order chi connectivity index (χ0) is 15.5. The molecule has 2 heterocycles. The SMILES string of the molecule is CCN(C(=O)c1ncccc1O)[C@H]1CCCc2cccnc21. The summed E-state index contributed by atoms with van der Waals surface area (Å²) >= 11 is 0. The van der Waals surface area contributed by atoms with E-state index >= 15 is 0 Å². The Bertz CT molecular complexity index is 687. The minimum Gasteiger partial charge on any atom is -0.505 e. The normalized spacial score (nSPS) is 16.9. The highest BCUT2D eigenvalue weighted by Gasteiger charge is 2.31. The molecule has 1 aliphatic rings. The Labute approximate surface area is 129 Å². The van der Waals surface area contributed by atoms with Crippen LogP contribution in [0, 0.1) is 0 Å². The van der Waals surface area contributed by atoms with Gasteiger partial charge in [0.1, 0.15) is 5.75 Å². The summed E-state index contributed by atoms with van der Waals surface area (Å²) < 4.78 is 0. The Morgan fingerprint density at radius 3 is 2.86 bits per heavy atom. The number of carbonyl (C=O) groups is 1. The lowest BCUT2D eigenvalue weighted by molar-refractivity contribution is 0.0655. The summed E-state index contributed by atoms with van der Waals surface area (Å²) in [7, 11) is 0. The molecule has 1 aliphatic carbocycles. The van der Waals surface area contributed by atoms with Crippen LogP contribution in [-0.2, 0) is 6.42 Å². The zero-order valence-corrected chi connectivity index (χ0v) is 12.6. The molecule has 0 radical (unpaired) electrons. The minimum atomic E-state index is -0.246. The summed E-state index contributed by atoms with van der Waals surface area (Å²) in [4.78, 5) is 23.1. The molecule has 0 fully saturated rings. The first-order valence-electron chi connectivity index (χ1n) is 7.61. The standard InChI is InChI=1S/C17H19N3O2/c1-2-20(17(22)16-14(21)9-5-11-19-16)13-8-3-6-12-7-4-10-18-15(12)13/h4-5,7,9-11,13,21H,2-3,6,8H2,1H3/t13-/m0/s1. The maximum Gasteiger partial charge on any atom is 0.276 e. The molecule has 5 heteroatoms. The third-order valence-electron chi connectivity index (χ3n) is 4.13. The highest BCUT2D eigenvalue weighted by molar-refractivity contribution is 5.95. The average molecular weight is 297 g/mol. The van der Waals surface area contributed by atoms with Crippen molar-refractivity contribution in [2.75, 3.05) is 6.54 Å². The lowest BCUT2D eigenvalue weighted by Gasteiger charge is -2.34. The molecule has 3 rings (SSSR count). The summed E-state index contributed by atoms with van der Waals surface area (Å²) in [6.07, 6.45) is 6.21. The number of amides is 1. The zero-order valence-electron chi connectivity index (χ0n) is 12.6. The van der Waals surface area contributed by atoms with Gasteiger partial charge in [-0.05, 0) is 49.9 Å². The van der Waals surface area contributed by atoms with Gasteiger partial charge in [0.25, 0.3) is 5.91 Å². The molecule has 2 aromatic heterocycles. The molecular formula is C17H19N3O2. The number of aromatic hydroxyl groups is 1. The fraction of sp³-hybridized carbons (Fsp3) is 0.353. The topological polar surface area (TPSA) is 66.3 Å². The van der Waals surface area contributed by atoms with E-state index in [2.05, 4.69) is 16.0 Å². The van der Waals surface area contributed by atoms with Gasteiger partial charge < -0.3 is 10.0 Å². The van der Waals surface area contributed by atoms with Gasteiger partial charge in [0.2, 0.25) is 0 Å².